The number of carbonyl (C=O) groups is 1. The van der Waals surface area contributed by atoms with Crippen LogP contribution in [0.15, 0.2) is 41.1 Å². The lowest BCUT2D eigenvalue weighted by atomic mass is 10.2. The van der Waals surface area contributed by atoms with Gasteiger partial charge in [0, 0.05) is 22.5 Å². The van der Waals surface area contributed by atoms with Gasteiger partial charge < -0.3 is 14.6 Å². The van der Waals surface area contributed by atoms with E-state index in [-0.39, 0.29) is 5.91 Å². The third kappa shape index (κ3) is 2.49. The molecule has 0 fully saturated rings. The molecule has 7 nitrogen and oxygen atoms in total. The average molecular weight is 357 g/mol. The number of hydrogen-bond acceptors (Lipinski definition) is 5. The third-order valence-electron chi connectivity index (χ3n) is 4.00. The van der Waals surface area contributed by atoms with Crippen LogP contribution in [0.5, 0.6) is 5.75 Å². The Kier molecular flexibility index (Phi) is 3.58. The van der Waals surface area contributed by atoms with E-state index in [1.165, 1.54) is 10.3 Å². The Balaban J connectivity index is 1.77. The number of rotatable bonds is 3. The highest BCUT2D eigenvalue weighted by atomic mass is 35.5. The molecular weight excluding hydrogens is 344 g/mol. The number of carbonyl (C=O) groups excluding carboxylic acids is 1. The van der Waals surface area contributed by atoms with Gasteiger partial charge >= 0.3 is 0 Å². The van der Waals surface area contributed by atoms with Crippen molar-refractivity contribution in [1.29, 1.82) is 0 Å². The smallest absolute Gasteiger partial charge is 0.262 e. The van der Waals surface area contributed by atoms with Crippen molar-refractivity contribution in [3.8, 4) is 5.75 Å². The summed E-state index contributed by atoms with van der Waals surface area (Å²) in [7, 11) is 1.61. The van der Waals surface area contributed by atoms with Crippen molar-refractivity contribution >= 4 is 45.4 Å². The van der Waals surface area contributed by atoms with E-state index in [2.05, 4.69) is 15.5 Å². The average Bonchev–Trinajstić information content (AvgIpc) is 3.17. The van der Waals surface area contributed by atoms with Crippen LogP contribution in [0.1, 0.15) is 16.1 Å². The van der Waals surface area contributed by atoms with Crippen LogP contribution in [0, 0.1) is 6.92 Å². The van der Waals surface area contributed by atoms with Crippen LogP contribution >= 0.6 is 11.8 Å². The molecule has 1 aromatic carbocycles. The number of fused-ring (bicyclic) bond motifs is 3. The Morgan fingerprint density at radius 2 is 2.12 bits per heavy atom. The second-order valence-corrected chi connectivity index (χ2v) is 5.84. The highest BCUT2D eigenvalue weighted by Gasteiger charge is 2.16. The summed E-state index contributed by atoms with van der Waals surface area (Å²) in [5.74, 6) is 0.774. The Labute approximate surface area is 147 Å². The summed E-state index contributed by atoms with van der Waals surface area (Å²) in [6.45, 7) is 1.69. The summed E-state index contributed by atoms with van der Waals surface area (Å²) < 4.78 is 11.5. The van der Waals surface area contributed by atoms with E-state index in [9.17, 15) is 4.79 Å². The molecule has 0 aliphatic carbocycles. The Bertz CT molecular complexity index is 1120. The standard InChI is InChI=1S/C17H13ClN4O3/c1-9-13(8-25-21-9)17(23)20-15-6-4-11-12-7-10(24-2)3-5-14(12)22(18)16(11)19-15/h3-8H,1-2H3,(H,19,20,23). The number of aryl methyl sites for hydroxylation is 1. The summed E-state index contributed by atoms with van der Waals surface area (Å²) in [6.07, 6.45) is 1.30. The maximum atomic E-state index is 12.3. The number of halogens is 1. The molecular formula is C17H13ClN4O3. The number of aromatic nitrogens is 3. The summed E-state index contributed by atoms with van der Waals surface area (Å²) in [5, 5.41) is 8.20. The lowest BCUT2D eigenvalue weighted by Crippen LogP contribution is -2.13. The number of ether oxygens (including phenoxy) is 1. The van der Waals surface area contributed by atoms with Gasteiger partial charge in [-0.25, -0.2) is 9.07 Å². The number of amides is 1. The summed E-state index contributed by atoms with van der Waals surface area (Å²) >= 11 is 6.39. The van der Waals surface area contributed by atoms with Crippen molar-refractivity contribution < 1.29 is 14.1 Å². The Hall–Kier alpha value is -3.06. The first-order valence-corrected chi connectivity index (χ1v) is 7.80. The van der Waals surface area contributed by atoms with Crippen LogP contribution in [0.25, 0.3) is 21.9 Å². The van der Waals surface area contributed by atoms with Gasteiger partial charge in [-0.15, -0.1) is 0 Å². The van der Waals surface area contributed by atoms with Crippen molar-refractivity contribution in [2.75, 3.05) is 12.4 Å². The van der Waals surface area contributed by atoms with Gasteiger partial charge in [0.2, 0.25) is 0 Å². The van der Waals surface area contributed by atoms with Gasteiger partial charge in [0.1, 0.15) is 23.4 Å². The topological polar surface area (TPSA) is 82.2 Å². The SMILES string of the molecule is COc1ccc2c(c1)c1ccc(NC(=O)c3conc3C)nc1n2Cl. The molecule has 1 N–H and O–H groups in total. The monoisotopic (exact) mass is 356 g/mol. The summed E-state index contributed by atoms with van der Waals surface area (Å²) in [6, 6.07) is 9.17. The normalized spacial score (nSPS) is 11.2. The van der Waals surface area contributed by atoms with Crippen LogP contribution in [0.3, 0.4) is 0 Å². The fourth-order valence-corrected chi connectivity index (χ4v) is 2.99. The van der Waals surface area contributed by atoms with Gasteiger partial charge in [-0.05, 0) is 37.3 Å². The Morgan fingerprint density at radius 1 is 1.28 bits per heavy atom. The number of nitrogens with zero attached hydrogens (tertiary/aromatic N) is 3. The molecule has 3 heterocycles. The predicted molar refractivity (Wildman–Crippen MR) is 94.2 cm³/mol. The number of pyridine rings is 1. The van der Waals surface area contributed by atoms with Crippen molar-refractivity contribution in [3.63, 3.8) is 0 Å². The molecule has 0 aliphatic rings. The zero-order valence-electron chi connectivity index (χ0n) is 13.4. The molecule has 0 aliphatic heterocycles. The number of nitrogens with one attached hydrogen (secondary N) is 1. The zero-order chi connectivity index (χ0) is 17.6. The van der Waals surface area contributed by atoms with Crippen molar-refractivity contribution in [3.05, 3.63) is 47.9 Å². The molecule has 0 saturated carbocycles. The first-order valence-electron chi connectivity index (χ1n) is 7.46. The van der Waals surface area contributed by atoms with E-state index in [1.807, 2.05) is 24.3 Å². The highest BCUT2D eigenvalue weighted by molar-refractivity contribution is 6.26. The fourth-order valence-electron chi connectivity index (χ4n) is 2.72. The van der Waals surface area contributed by atoms with Crippen LogP contribution in [0.4, 0.5) is 5.82 Å². The van der Waals surface area contributed by atoms with Crippen LogP contribution in [0.2, 0.25) is 0 Å². The molecule has 0 atom stereocenters. The van der Waals surface area contributed by atoms with Crippen molar-refractivity contribution in [1.82, 2.24) is 14.2 Å². The van der Waals surface area contributed by atoms with E-state index in [0.717, 1.165) is 22.0 Å². The maximum Gasteiger partial charge on any atom is 0.262 e. The Morgan fingerprint density at radius 3 is 2.84 bits per heavy atom. The largest absolute Gasteiger partial charge is 0.497 e. The second kappa shape index (κ2) is 5.78. The molecule has 4 aromatic rings. The molecule has 0 unspecified atom stereocenters. The van der Waals surface area contributed by atoms with E-state index in [1.54, 1.807) is 20.1 Å². The first-order chi connectivity index (χ1) is 12.1. The molecule has 25 heavy (non-hydrogen) atoms. The molecule has 8 heteroatoms. The molecule has 126 valence electrons. The molecule has 0 spiro atoms. The lowest BCUT2D eigenvalue weighted by Gasteiger charge is -2.03. The lowest BCUT2D eigenvalue weighted by molar-refractivity contribution is 0.102. The maximum absolute atomic E-state index is 12.3. The predicted octanol–water partition coefficient (Wildman–Crippen LogP) is 3.75. The summed E-state index contributed by atoms with van der Waals surface area (Å²) in [5.41, 5.74) is 2.23. The molecule has 3 aromatic heterocycles. The van der Waals surface area contributed by atoms with Gasteiger partial charge in [-0.3, -0.25) is 4.79 Å². The number of benzene rings is 1. The van der Waals surface area contributed by atoms with Gasteiger partial charge in [-0.2, -0.15) is 0 Å². The molecule has 0 bridgehead atoms. The van der Waals surface area contributed by atoms with Gasteiger partial charge in [-0.1, -0.05) is 5.16 Å². The number of methoxy groups -OCH3 is 1. The van der Waals surface area contributed by atoms with Crippen LogP contribution in [-0.2, 0) is 0 Å². The highest BCUT2D eigenvalue weighted by Crippen LogP contribution is 2.32. The van der Waals surface area contributed by atoms with Crippen molar-refractivity contribution in [2.45, 2.75) is 6.92 Å². The van der Waals surface area contributed by atoms with Crippen LogP contribution < -0.4 is 10.1 Å². The molecule has 4 rings (SSSR count). The van der Waals surface area contributed by atoms with Crippen molar-refractivity contribution in [2.24, 2.45) is 0 Å². The number of anilines is 1. The van der Waals surface area contributed by atoms with E-state index in [4.69, 9.17) is 21.0 Å². The molecule has 0 saturated heterocycles. The zero-order valence-corrected chi connectivity index (χ0v) is 14.2. The first kappa shape index (κ1) is 15.5. The van der Waals surface area contributed by atoms with Gasteiger partial charge in [0.15, 0.2) is 5.65 Å². The van der Waals surface area contributed by atoms with Crippen LogP contribution in [-0.4, -0.2) is 27.2 Å². The minimum atomic E-state index is -0.343. The van der Waals surface area contributed by atoms with Gasteiger partial charge in [0.25, 0.3) is 5.91 Å². The minimum Gasteiger partial charge on any atom is -0.497 e. The fraction of sp³-hybridized carbons (Fsp3) is 0.118. The quantitative estimate of drug-likeness (QED) is 0.604. The molecule has 0 radical (unpaired) electrons. The third-order valence-corrected chi connectivity index (χ3v) is 4.34. The number of hydrogen-bond donors (Lipinski definition) is 1. The molecule has 1 amide bonds. The van der Waals surface area contributed by atoms with E-state index in [0.29, 0.717) is 22.7 Å². The van der Waals surface area contributed by atoms with E-state index < -0.39 is 0 Å². The van der Waals surface area contributed by atoms with Gasteiger partial charge in [0.05, 0.1) is 18.3 Å². The second-order valence-electron chi connectivity index (χ2n) is 5.50. The minimum absolute atomic E-state index is 0.343. The summed E-state index contributed by atoms with van der Waals surface area (Å²) in [4.78, 5) is 16.7. The van der Waals surface area contributed by atoms with E-state index >= 15 is 0 Å².